The first kappa shape index (κ1) is 12.7. The number of thiazole rings is 1. The van der Waals surface area contributed by atoms with E-state index in [1.54, 1.807) is 6.20 Å². The molecule has 94 valence electrons. The molecule has 2 aromatic rings. The van der Waals surface area contributed by atoms with Crippen LogP contribution >= 0.6 is 11.3 Å². The van der Waals surface area contributed by atoms with E-state index in [9.17, 15) is 4.79 Å². The molecule has 1 N–H and O–H groups in total. The van der Waals surface area contributed by atoms with E-state index in [4.69, 9.17) is 9.84 Å². The number of ether oxygens (including phenoxy) is 1. The Bertz CT molecular complexity index is 580. The molecule has 0 atom stereocenters. The minimum absolute atomic E-state index is 0.184. The summed E-state index contributed by atoms with van der Waals surface area (Å²) in [5.74, 6) is -0.988. The molecular weight excluding hydrogens is 252 g/mol. The van der Waals surface area contributed by atoms with Crippen LogP contribution in [0.15, 0.2) is 18.3 Å². The Morgan fingerprint density at radius 1 is 1.56 bits per heavy atom. The predicted octanol–water partition coefficient (Wildman–Crippen LogP) is 2.36. The van der Waals surface area contributed by atoms with E-state index in [0.717, 1.165) is 16.9 Å². The molecule has 6 heteroatoms. The van der Waals surface area contributed by atoms with E-state index in [1.165, 1.54) is 7.11 Å². The summed E-state index contributed by atoms with van der Waals surface area (Å²) >= 11 is 1.12. The molecule has 0 unspecified atom stereocenters. The van der Waals surface area contributed by atoms with Crippen LogP contribution in [0.3, 0.4) is 0 Å². The molecule has 0 radical (unpaired) electrons. The van der Waals surface area contributed by atoms with Crippen molar-refractivity contribution in [1.82, 2.24) is 9.97 Å². The predicted molar refractivity (Wildman–Crippen MR) is 67.8 cm³/mol. The summed E-state index contributed by atoms with van der Waals surface area (Å²) in [5, 5.41) is 9.70. The van der Waals surface area contributed by atoms with Crippen molar-refractivity contribution in [2.75, 3.05) is 7.11 Å². The van der Waals surface area contributed by atoms with Gasteiger partial charge in [-0.1, -0.05) is 0 Å². The number of rotatable bonds is 4. The summed E-state index contributed by atoms with van der Waals surface area (Å²) in [4.78, 5) is 19.8. The first-order valence-corrected chi connectivity index (χ1v) is 6.08. The standard InChI is InChI=1S/C12H12N2O3S/c1-7-3-4-13-8(5-7)11-14-9(6-17-2)10(18-11)12(15)16/h3-5H,6H2,1-2H3,(H,15,16). The summed E-state index contributed by atoms with van der Waals surface area (Å²) in [6.45, 7) is 2.14. The third kappa shape index (κ3) is 2.55. The fourth-order valence-electron chi connectivity index (χ4n) is 1.52. The van der Waals surface area contributed by atoms with Crippen molar-refractivity contribution in [3.63, 3.8) is 0 Å². The quantitative estimate of drug-likeness (QED) is 0.917. The SMILES string of the molecule is COCc1nc(-c2cc(C)ccn2)sc1C(=O)O. The van der Waals surface area contributed by atoms with Gasteiger partial charge in [-0.15, -0.1) is 11.3 Å². The van der Waals surface area contributed by atoms with Crippen LogP contribution in [0.5, 0.6) is 0 Å². The summed E-state index contributed by atoms with van der Waals surface area (Å²) in [6.07, 6.45) is 1.68. The van der Waals surface area contributed by atoms with Crippen LogP contribution in [-0.4, -0.2) is 28.2 Å². The van der Waals surface area contributed by atoms with Crippen molar-refractivity contribution in [1.29, 1.82) is 0 Å². The molecule has 0 bridgehead atoms. The van der Waals surface area contributed by atoms with Gasteiger partial charge in [0.25, 0.3) is 0 Å². The van der Waals surface area contributed by atoms with Crippen molar-refractivity contribution in [2.24, 2.45) is 0 Å². The molecule has 0 aromatic carbocycles. The molecule has 0 saturated heterocycles. The maximum Gasteiger partial charge on any atom is 0.347 e. The Labute approximate surface area is 108 Å². The van der Waals surface area contributed by atoms with Crippen molar-refractivity contribution in [3.8, 4) is 10.7 Å². The van der Waals surface area contributed by atoms with Gasteiger partial charge in [-0.05, 0) is 24.6 Å². The van der Waals surface area contributed by atoms with Gasteiger partial charge >= 0.3 is 5.97 Å². The van der Waals surface area contributed by atoms with E-state index in [1.807, 2.05) is 19.1 Å². The van der Waals surface area contributed by atoms with Crippen molar-refractivity contribution in [3.05, 3.63) is 34.5 Å². The molecule has 0 saturated carbocycles. The maximum atomic E-state index is 11.1. The Balaban J connectivity index is 2.46. The zero-order chi connectivity index (χ0) is 13.1. The van der Waals surface area contributed by atoms with Crippen LogP contribution in [-0.2, 0) is 11.3 Å². The topological polar surface area (TPSA) is 72.3 Å². The average Bonchev–Trinajstić information content (AvgIpc) is 2.74. The Hall–Kier alpha value is -1.79. The number of hydrogen-bond donors (Lipinski definition) is 1. The first-order valence-electron chi connectivity index (χ1n) is 5.26. The highest BCUT2D eigenvalue weighted by atomic mass is 32.1. The summed E-state index contributed by atoms with van der Waals surface area (Å²) in [6, 6.07) is 3.76. The molecular formula is C12H12N2O3S. The highest BCUT2D eigenvalue weighted by Crippen LogP contribution is 2.27. The smallest absolute Gasteiger partial charge is 0.347 e. The number of carboxylic acid groups (broad SMARTS) is 1. The van der Waals surface area contributed by atoms with Gasteiger partial charge in [0.05, 0.1) is 18.0 Å². The fraction of sp³-hybridized carbons (Fsp3) is 0.250. The van der Waals surface area contributed by atoms with E-state index in [2.05, 4.69) is 9.97 Å². The monoisotopic (exact) mass is 264 g/mol. The van der Waals surface area contributed by atoms with E-state index >= 15 is 0 Å². The van der Waals surface area contributed by atoms with Crippen LogP contribution in [0, 0.1) is 6.92 Å². The zero-order valence-corrected chi connectivity index (χ0v) is 10.8. The summed E-state index contributed by atoms with van der Waals surface area (Å²) < 4.78 is 4.95. The van der Waals surface area contributed by atoms with Crippen molar-refractivity contribution < 1.29 is 14.6 Å². The van der Waals surface area contributed by atoms with Gasteiger partial charge < -0.3 is 9.84 Å². The number of hydrogen-bond acceptors (Lipinski definition) is 5. The molecule has 2 rings (SSSR count). The molecule has 2 aromatic heterocycles. The Kier molecular flexibility index (Phi) is 3.69. The third-order valence-electron chi connectivity index (χ3n) is 2.31. The van der Waals surface area contributed by atoms with Gasteiger partial charge in [0.1, 0.15) is 9.88 Å². The number of methoxy groups -OCH3 is 1. The third-order valence-corrected chi connectivity index (χ3v) is 3.42. The highest BCUT2D eigenvalue weighted by molar-refractivity contribution is 7.17. The van der Waals surface area contributed by atoms with E-state index in [0.29, 0.717) is 16.4 Å². The first-order chi connectivity index (χ1) is 8.61. The maximum absolute atomic E-state index is 11.1. The number of aromatic carboxylic acids is 1. The lowest BCUT2D eigenvalue weighted by molar-refractivity contribution is 0.0697. The lowest BCUT2D eigenvalue weighted by Crippen LogP contribution is -1.99. The summed E-state index contributed by atoms with van der Waals surface area (Å²) in [7, 11) is 1.51. The lowest BCUT2D eigenvalue weighted by Gasteiger charge is -1.96. The molecule has 0 aliphatic heterocycles. The molecule has 0 spiro atoms. The minimum Gasteiger partial charge on any atom is -0.477 e. The van der Waals surface area contributed by atoms with E-state index in [-0.39, 0.29) is 11.5 Å². The highest BCUT2D eigenvalue weighted by Gasteiger charge is 2.18. The second kappa shape index (κ2) is 5.24. The minimum atomic E-state index is -0.988. The normalized spacial score (nSPS) is 10.6. The molecule has 0 aliphatic rings. The van der Waals surface area contributed by atoms with Gasteiger partial charge in [-0.2, -0.15) is 0 Å². The lowest BCUT2D eigenvalue weighted by atomic mass is 10.2. The van der Waals surface area contributed by atoms with Crippen molar-refractivity contribution >= 4 is 17.3 Å². The Morgan fingerprint density at radius 2 is 2.33 bits per heavy atom. The molecule has 5 nitrogen and oxygen atoms in total. The molecule has 0 fully saturated rings. The van der Waals surface area contributed by atoms with E-state index < -0.39 is 5.97 Å². The molecule has 0 amide bonds. The second-order valence-corrected chi connectivity index (χ2v) is 4.75. The summed E-state index contributed by atoms with van der Waals surface area (Å²) in [5.41, 5.74) is 2.18. The molecule has 18 heavy (non-hydrogen) atoms. The van der Waals surface area contributed by atoms with Gasteiger partial charge in [0.2, 0.25) is 0 Å². The van der Waals surface area contributed by atoms with Crippen LogP contribution in [0.1, 0.15) is 20.9 Å². The largest absolute Gasteiger partial charge is 0.477 e. The zero-order valence-electron chi connectivity index (χ0n) is 10.0. The fourth-order valence-corrected chi connectivity index (χ4v) is 2.39. The van der Waals surface area contributed by atoms with Crippen molar-refractivity contribution in [2.45, 2.75) is 13.5 Å². The number of nitrogens with zero attached hydrogens (tertiary/aromatic N) is 2. The Morgan fingerprint density at radius 3 is 2.94 bits per heavy atom. The number of carbonyl (C=O) groups is 1. The van der Waals surface area contributed by atoms with Crippen LogP contribution in [0.4, 0.5) is 0 Å². The average molecular weight is 264 g/mol. The molecule has 0 aliphatic carbocycles. The van der Waals surface area contributed by atoms with Crippen LogP contribution in [0.25, 0.3) is 10.7 Å². The van der Waals surface area contributed by atoms with Crippen LogP contribution < -0.4 is 0 Å². The van der Waals surface area contributed by atoms with Gasteiger partial charge in [0, 0.05) is 13.3 Å². The number of aromatic nitrogens is 2. The van der Waals surface area contributed by atoms with Gasteiger partial charge in [-0.25, -0.2) is 9.78 Å². The van der Waals surface area contributed by atoms with Crippen LogP contribution in [0.2, 0.25) is 0 Å². The number of pyridine rings is 1. The van der Waals surface area contributed by atoms with Gasteiger partial charge in [-0.3, -0.25) is 4.98 Å². The number of aryl methyl sites for hydroxylation is 1. The van der Waals surface area contributed by atoms with Gasteiger partial charge in [0.15, 0.2) is 0 Å². The second-order valence-electron chi connectivity index (χ2n) is 3.75. The number of carboxylic acids is 1. The molecule has 2 heterocycles.